The Balaban J connectivity index is 0.00000169. The molecule has 1 saturated carbocycles. The van der Waals surface area contributed by atoms with Crippen molar-refractivity contribution < 1.29 is 14.6 Å². The molecule has 1 unspecified atom stereocenters. The average molecular weight is 223 g/mol. The number of carbonyl (C=O) groups excluding carboxylic acids is 1. The fraction of sp³-hybridized carbons (Fsp3) is 0.889. The van der Waals surface area contributed by atoms with E-state index in [4.69, 9.17) is 10.5 Å². The first-order valence-electron chi connectivity index (χ1n) is 4.71. The zero-order valence-corrected chi connectivity index (χ0v) is 9.09. The van der Waals surface area contributed by atoms with Crippen molar-refractivity contribution in [1.29, 1.82) is 0 Å². The predicted octanol–water partition coefficient (Wildman–Crippen LogP) is -0.167. The Bertz CT molecular complexity index is 181. The van der Waals surface area contributed by atoms with Gasteiger partial charge in [0.05, 0.1) is 18.2 Å². The maximum atomic E-state index is 10.4. The molecule has 0 aromatic carbocycles. The van der Waals surface area contributed by atoms with Gasteiger partial charge < -0.3 is 20.4 Å². The van der Waals surface area contributed by atoms with E-state index in [2.05, 4.69) is 0 Å². The molecule has 0 radical (unpaired) electrons. The molecule has 0 saturated heterocycles. The van der Waals surface area contributed by atoms with E-state index in [0.29, 0.717) is 0 Å². The normalized spacial score (nSPS) is 29.0. The van der Waals surface area contributed by atoms with Crippen LogP contribution in [0.1, 0.15) is 32.6 Å². The minimum atomic E-state index is -1.14. The van der Waals surface area contributed by atoms with Crippen molar-refractivity contribution in [3.05, 3.63) is 0 Å². The molecule has 5 heteroatoms. The lowest BCUT2D eigenvalue weighted by Crippen LogP contribution is -2.39. The number of halogens is 1. The fourth-order valence-electron chi connectivity index (χ4n) is 1.57. The third-order valence-electron chi connectivity index (χ3n) is 2.45. The third-order valence-corrected chi connectivity index (χ3v) is 2.45. The molecule has 1 aliphatic rings. The van der Waals surface area contributed by atoms with Gasteiger partial charge in [0.1, 0.15) is 0 Å². The molecule has 0 aliphatic heterocycles. The SMILES string of the molecule is CC(OC1CCC(N)CC1)C(=O)[O-].Cl. The lowest BCUT2D eigenvalue weighted by atomic mass is 9.93. The Kier molecular flexibility index (Phi) is 6.08. The molecule has 0 aromatic rings. The summed E-state index contributed by atoms with van der Waals surface area (Å²) in [5.41, 5.74) is 5.70. The molecule has 2 N–H and O–H groups in total. The van der Waals surface area contributed by atoms with Crippen molar-refractivity contribution >= 4 is 18.4 Å². The minimum Gasteiger partial charge on any atom is -0.547 e. The summed E-state index contributed by atoms with van der Waals surface area (Å²) in [6, 6.07) is 0.262. The molecule has 4 nitrogen and oxygen atoms in total. The third kappa shape index (κ3) is 4.26. The van der Waals surface area contributed by atoms with E-state index in [1.54, 1.807) is 0 Å². The number of ether oxygens (including phenoxy) is 1. The molecule has 0 bridgehead atoms. The Morgan fingerprint density at radius 1 is 1.43 bits per heavy atom. The van der Waals surface area contributed by atoms with E-state index in [9.17, 15) is 9.90 Å². The van der Waals surface area contributed by atoms with Crippen molar-refractivity contribution in [3.63, 3.8) is 0 Å². The van der Waals surface area contributed by atoms with Crippen molar-refractivity contribution in [2.45, 2.75) is 50.9 Å². The number of nitrogens with two attached hydrogens (primary N) is 1. The maximum absolute atomic E-state index is 10.4. The highest BCUT2D eigenvalue weighted by Gasteiger charge is 2.20. The Morgan fingerprint density at radius 2 is 1.93 bits per heavy atom. The summed E-state index contributed by atoms with van der Waals surface area (Å²) >= 11 is 0. The van der Waals surface area contributed by atoms with Crippen LogP contribution in [0.3, 0.4) is 0 Å². The Morgan fingerprint density at radius 3 is 2.36 bits per heavy atom. The van der Waals surface area contributed by atoms with E-state index in [1.807, 2.05) is 0 Å². The molecule has 0 spiro atoms. The zero-order valence-electron chi connectivity index (χ0n) is 8.27. The van der Waals surface area contributed by atoms with Crippen LogP contribution in [-0.2, 0) is 9.53 Å². The number of hydrogen-bond donors (Lipinski definition) is 1. The van der Waals surface area contributed by atoms with Crippen molar-refractivity contribution in [2.75, 3.05) is 0 Å². The smallest absolute Gasteiger partial charge is 0.0944 e. The van der Waals surface area contributed by atoms with Gasteiger partial charge in [0.15, 0.2) is 0 Å². The van der Waals surface area contributed by atoms with Crippen LogP contribution >= 0.6 is 12.4 Å². The second-order valence-electron chi connectivity index (χ2n) is 3.63. The molecule has 0 heterocycles. The quantitative estimate of drug-likeness (QED) is 0.720. The molecule has 0 aromatic heterocycles. The molecule has 14 heavy (non-hydrogen) atoms. The molecular weight excluding hydrogens is 206 g/mol. The summed E-state index contributed by atoms with van der Waals surface area (Å²) in [6.07, 6.45) is 2.80. The van der Waals surface area contributed by atoms with E-state index in [0.717, 1.165) is 25.7 Å². The van der Waals surface area contributed by atoms with Gasteiger partial charge in [-0.15, -0.1) is 12.4 Å². The molecule has 0 amide bonds. The average Bonchev–Trinajstić information content (AvgIpc) is 2.08. The summed E-state index contributed by atoms with van der Waals surface area (Å²) in [4.78, 5) is 10.4. The number of aliphatic carboxylic acids is 1. The highest BCUT2D eigenvalue weighted by molar-refractivity contribution is 5.85. The second kappa shape index (κ2) is 6.22. The highest BCUT2D eigenvalue weighted by atomic mass is 35.5. The van der Waals surface area contributed by atoms with E-state index in [-0.39, 0.29) is 24.6 Å². The number of hydrogen-bond acceptors (Lipinski definition) is 4. The van der Waals surface area contributed by atoms with Crippen LogP contribution in [0.4, 0.5) is 0 Å². The predicted molar refractivity (Wildman–Crippen MR) is 53.0 cm³/mol. The van der Waals surface area contributed by atoms with Gasteiger partial charge in [-0.3, -0.25) is 0 Å². The molecule has 1 rings (SSSR count). The number of carboxylic acids is 1. The highest BCUT2D eigenvalue weighted by Crippen LogP contribution is 2.20. The van der Waals surface area contributed by atoms with Gasteiger partial charge in [-0.2, -0.15) is 0 Å². The van der Waals surface area contributed by atoms with Crippen LogP contribution in [-0.4, -0.2) is 24.2 Å². The summed E-state index contributed by atoms with van der Waals surface area (Å²) in [5, 5.41) is 10.4. The summed E-state index contributed by atoms with van der Waals surface area (Å²) in [7, 11) is 0. The number of carbonyl (C=O) groups is 1. The molecule has 1 atom stereocenters. The van der Waals surface area contributed by atoms with Crippen LogP contribution in [0.15, 0.2) is 0 Å². The van der Waals surface area contributed by atoms with Crippen molar-refractivity contribution in [1.82, 2.24) is 0 Å². The largest absolute Gasteiger partial charge is 0.547 e. The second-order valence-corrected chi connectivity index (χ2v) is 3.63. The van der Waals surface area contributed by atoms with Gasteiger partial charge in [0, 0.05) is 6.04 Å². The monoisotopic (exact) mass is 222 g/mol. The lowest BCUT2D eigenvalue weighted by molar-refractivity contribution is -0.317. The Labute approximate surface area is 90.2 Å². The van der Waals surface area contributed by atoms with Crippen LogP contribution in [0.5, 0.6) is 0 Å². The van der Waals surface area contributed by atoms with Gasteiger partial charge in [-0.25, -0.2) is 0 Å². The van der Waals surface area contributed by atoms with Gasteiger partial charge in [0.2, 0.25) is 0 Å². The molecular formula is C9H17ClNO3-. The first-order chi connectivity index (χ1) is 6.09. The number of carboxylic acid groups (broad SMARTS) is 1. The summed E-state index contributed by atoms with van der Waals surface area (Å²) < 4.78 is 5.28. The van der Waals surface area contributed by atoms with Gasteiger partial charge in [-0.1, -0.05) is 0 Å². The molecule has 84 valence electrons. The molecule has 1 fully saturated rings. The summed E-state index contributed by atoms with van der Waals surface area (Å²) in [6.45, 7) is 1.50. The standard InChI is InChI=1S/C9H17NO3.ClH/c1-6(9(11)12)13-8-4-2-7(10)3-5-8;/h6-8H,2-5,10H2,1H3,(H,11,12);1H/p-1. The van der Waals surface area contributed by atoms with Crippen LogP contribution in [0.2, 0.25) is 0 Å². The Hall–Kier alpha value is -0.320. The molecule has 1 aliphatic carbocycles. The fourth-order valence-corrected chi connectivity index (χ4v) is 1.57. The van der Waals surface area contributed by atoms with E-state index >= 15 is 0 Å². The first-order valence-corrected chi connectivity index (χ1v) is 4.71. The van der Waals surface area contributed by atoms with Gasteiger partial charge in [0.25, 0.3) is 0 Å². The first kappa shape index (κ1) is 13.7. The van der Waals surface area contributed by atoms with Crippen molar-refractivity contribution in [2.24, 2.45) is 5.73 Å². The van der Waals surface area contributed by atoms with E-state index < -0.39 is 12.1 Å². The zero-order chi connectivity index (χ0) is 9.84. The minimum absolute atomic E-state index is 0. The van der Waals surface area contributed by atoms with Crippen LogP contribution in [0, 0.1) is 0 Å². The van der Waals surface area contributed by atoms with Crippen LogP contribution in [0.25, 0.3) is 0 Å². The van der Waals surface area contributed by atoms with Gasteiger partial charge >= 0.3 is 0 Å². The topological polar surface area (TPSA) is 75.4 Å². The maximum Gasteiger partial charge on any atom is 0.0944 e. The van der Waals surface area contributed by atoms with Crippen molar-refractivity contribution in [3.8, 4) is 0 Å². The van der Waals surface area contributed by atoms with Crippen LogP contribution < -0.4 is 10.8 Å². The summed E-state index contributed by atoms with van der Waals surface area (Å²) in [5.74, 6) is -1.14. The lowest BCUT2D eigenvalue weighted by Gasteiger charge is -2.28. The van der Waals surface area contributed by atoms with E-state index in [1.165, 1.54) is 6.92 Å². The van der Waals surface area contributed by atoms with Gasteiger partial charge in [-0.05, 0) is 32.6 Å². The number of rotatable bonds is 3.